The molecular weight excluding hydrogens is 462 g/mol. The van der Waals surface area contributed by atoms with Gasteiger partial charge in [0.25, 0.3) is 0 Å². The summed E-state index contributed by atoms with van der Waals surface area (Å²) in [4.78, 5) is 7.29. The van der Waals surface area contributed by atoms with Gasteiger partial charge in [0.15, 0.2) is 0 Å². The largest absolute Gasteiger partial charge is 0.377 e. The maximum Gasteiger partial charge on any atom is 0.103 e. The van der Waals surface area contributed by atoms with E-state index in [2.05, 4.69) is 58.7 Å². The maximum atomic E-state index is 6.77. The molecule has 2 saturated heterocycles. The summed E-state index contributed by atoms with van der Waals surface area (Å²) in [6.45, 7) is 9.13. The molecule has 0 atom stereocenters. The fourth-order valence-electron chi connectivity index (χ4n) is 7.25. The summed E-state index contributed by atoms with van der Waals surface area (Å²) in [6.07, 6.45) is 9.74. The lowest BCUT2D eigenvalue weighted by molar-refractivity contribution is -0.200. The normalized spacial score (nSPS) is 29.8. The Kier molecular flexibility index (Phi) is 4.70. The van der Waals surface area contributed by atoms with Crippen LogP contribution in [0.5, 0.6) is 0 Å². The first-order valence-corrected chi connectivity index (χ1v) is 13.1. The van der Waals surface area contributed by atoms with Crippen molar-refractivity contribution in [2.75, 3.05) is 64.9 Å². The number of hydrogen-bond donors (Lipinski definition) is 0. The van der Waals surface area contributed by atoms with Crippen LogP contribution in [0, 0.1) is 5.41 Å². The molecule has 2 bridgehead atoms. The first kappa shape index (κ1) is 22.1. The lowest BCUT2D eigenvalue weighted by atomic mass is 9.39. The smallest absolute Gasteiger partial charge is 0.103 e. The van der Waals surface area contributed by atoms with Crippen molar-refractivity contribution in [2.45, 2.75) is 37.3 Å². The Bertz CT molecular complexity index is 1260. The Balaban J connectivity index is 1.12. The molecule has 0 radical (unpaired) electrons. The van der Waals surface area contributed by atoms with E-state index in [0.29, 0.717) is 5.41 Å². The van der Waals surface area contributed by atoms with Gasteiger partial charge in [-0.3, -0.25) is 9.58 Å². The number of ether oxygens (including phenoxy) is 1. The molecule has 9 heteroatoms. The summed E-state index contributed by atoms with van der Waals surface area (Å²) in [7, 11) is 4.35. The van der Waals surface area contributed by atoms with Crippen molar-refractivity contribution in [1.82, 2.24) is 29.4 Å². The molecule has 0 N–H and O–H groups in total. The zero-order valence-electron chi connectivity index (χ0n) is 20.9. The van der Waals surface area contributed by atoms with Gasteiger partial charge in [-0.2, -0.15) is 10.2 Å². The average Bonchev–Trinajstić information content (AvgIpc) is 3.39. The fraction of sp³-hybridized carbons (Fsp3) is 0.615. The zero-order valence-corrected chi connectivity index (χ0v) is 21.6. The quantitative estimate of drug-likeness (QED) is 0.523. The average molecular weight is 496 g/mol. The Hall–Kier alpha value is -2.13. The van der Waals surface area contributed by atoms with Crippen molar-refractivity contribution in [3.05, 3.63) is 35.7 Å². The van der Waals surface area contributed by atoms with E-state index in [0.717, 1.165) is 66.7 Å². The Labute approximate surface area is 211 Å². The van der Waals surface area contributed by atoms with Gasteiger partial charge in [0.1, 0.15) is 5.69 Å². The van der Waals surface area contributed by atoms with Gasteiger partial charge >= 0.3 is 0 Å². The summed E-state index contributed by atoms with van der Waals surface area (Å²) in [5.74, 6) is 0. The molecule has 0 spiro atoms. The molecule has 8 rings (SSSR count). The van der Waals surface area contributed by atoms with E-state index in [1.807, 2.05) is 17.1 Å². The lowest BCUT2D eigenvalue weighted by Crippen LogP contribution is -2.70. The number of anilines is 1. The van der Waals surface area contributed by atoms with Crippen LogP contribution < -0.4 is 4.90 Å². The monoisotopic (exact) mass is 495 g/mol. The van der Waals surface area contributed by atoms with Gasteiger partial charge in [-0.1, -0.05) is 11.6 Å². The first-order chi connectivity index (χ1) is 16.8. The van der Waals surface area contributed by atoms with Crippen molar-refractivity contribution in [3.63, 3.8) is 0 Å². The Morgan fingerprint density at radius 3 is 2.43 bits per heavy atom. The molecule has 0 unspecified atom stereocenters. The van der Waals surface area contributed by atoms with Crippen LogP contribution >= 0.6 is 11.6 Å². The molecule has 3 aliphatic carbocycles. The van der Waals surface area contributed by atoms with Crippen LogP contribution in [0.2, 0.25) is 5.02 Å². The third kappa shape index (κ3) is 3.30. The van der Waals surface area contributed by atoms with E-state index in [9.17, 15) is 0 Å². The highest BCUT2D eigenvalue weighted by atomic mass is 35.5. The lowest BCUT2D eigenvalue weighted by Gasteiger charge is -2.71. The molecule has 2 aliphatic heterocycles. The predicted molar refractivity (Wildman–Crippen MR) is 138 cm³/mol. The molecule has 4 heterocycles. The minimum atomic E-state index is 0.200. The van der Waals surface area contributed by atoms with Crippen molar-refractivity contribution < 1.29 is 4.74 Å². The molecule has 0 amide bonds. The molecule has 2 aromatic heterocycles. The van der Waals surface area contributed by atoms with Crippen LogP contribution in [0.4, 0.5) is 5.69 Å². The van der Waals surface area contributed by atoms with E-state index >= 15 is 0 Å². The number of piperazine rings is 1. The molecule has 8 nitrogen and oxygen atoms in total. The van der Waals surface area contributed by atoms with Crippen LogP contribution in [0.15, 0.2) is 30.7 Å². The van der Waals surface area contributed by atoms with E-state index in [-0.39, 0.29) is 11.1 Å². The van der Waals surface area contributed by atoms with Gasteiger partial charge in [0.05, 0.1) is 59.1 Å². The van der Waals surface area contributed by atoms with Crippen LogP contribution in [0.1, 0.15) is 26.2 Å². The third-order valence-electron chi connectivity index (χ3n) is 8.91. The van der Waals surface area contributed by atoms with E-state index in [4.69, 9.17) is 26.5 Å². The highest BCUT2D eigenvalue weighted by Gasteiger charge is 2.69. The molecule has 5 aliphatic rings. The summed E-state index contributed by atoms with van der Waals surface area (Å²) >= 11 is 6.77. The number of benzene rings is 1. The van der Waals surface area contributed by atoms with Gasteiger partial charge in [0, 0.05) is 38.1 Å². The number of fused-ring (bicyclic) bond motifs is 1. The summed E-state index contributed by atoms with van der Waals surface area (Å²) in [6, 6.07) is 4.26. The van der Waals surface area contributed by atoms with Crippen LogP contribution in [0.3, 0.4) is 0 Å². The van der Waals surface area contributed by atoms with Crippen molar-refractivity contribution in [3.8, 4) is 5.69 Å². The van der Waals surface area contributed by atoms with Gasteiger partial charge in [0.2, 0.25) is 0 Å². The van der Waals surface area contributed by atoms with Crippen LogP contribution in [0.25, 0.3) is 16.6 Å². The number of rotatable bonds is 6. The highest BCUT2D eigenvalue weighted by molar-refractivity contribution is 6.34. The van der Waals surface area contributed by atoms with Gasteiger partial charge in [-0.05, 0) is 57.8 Å². The molecule has 35 heavy (non-hydrogen) atoms. The zero-order chi connectivity index (χ0) is 24.0. The van der Waals surface area contributed by atoms with Crippen molar-refractivity contribution in [1.29, 1.82) is 0 Å². The van der Waals surface area contributed by atoms with Crippen molar-refractivity contribution in [2.24, 2.45) is 5.41 Å². The summed E-state index contributed by atoms with van der Waals surface area (Å²) in [5, 5.41) is 11.4. The standard InChI is InChI=1S/C26H34ClN7O/c1-24(17-35-18-24)32-6-4-31(5-7-32)23-9-22-19(8-21(23)27)10-29-34(22)20-11-28-33(12-20)26-13-25(14-26,15-26)16-30(2)3/h8-12H,4-7,13-18H2,1-3H3. The molecule has 3 aromatic rings. The minimum Gasteiger partial charge on any atom is -0.377 e. The van der Waals surface area contributed by atoms with E-state index < -0.39 is 0 Å². The van der Waals surface area contributed by atoms with E-state index in [1.165, 1.54) is 25.8 Å². The van der Waals surface area contributed by atoms with E-state index in [1.54, 1.807) is 0 Å². The van der Waals surface area contributed by atoms with Crippen molar-refractivity contribution >= 4 is 28.2 Å². The molecule has 5 fully saturated rings. The van der Waals surface area contributed by atoms with Gasteiger partial charge in [-0.15, -0.1) is 0 Å². The molecular formula is C26H34ClN7O. The molecule has 3 saturated carbocycles. The second-order valence-electron chi connectivity index (χ2n) is 12.0. The number of halogens is 1. The maximum absolute atomic E-state index is 6.77. The number of nitrogens with zero attached hydrogens (tertiary/aromatic N) is 7. The Morgan fingerprint density at radius 2 is 1.77 bits per heavy atom. The molecule has 186 valence electrons. The SMILES string of the molecule is CN(C)CC12CC(n3cc(-n4ncc5cc(Cl)c(N6CCN(C7(C)COC7)CC6)cc54)cn3)(C1)C2. The Morgan fingerprint density at radius 1 is 1.03 bits per heavy atom. The fourth-order valence-corrected chi connectivity index (χ4v) is 7.54. The highest BCUT2D eigenvalue weighted by Crippen LogP contribution is 2.71. The second-order valence-corrected chi connectivity index (χ2v) is 12.4. The summed E-state index contributed by atoms with van der Waals surface area (Å²) in [5.41, 5.74) is 4.11. The van der Waals surface area contributed by atoms with Crippen LogP contribution in [-0.2, 0) is 10.3 Å². The number of aromatic nitrogens is 4. The number of hydrogen-bond acceptors (Lipinski definition) is 6. The minimum absolute atomic E-state index is 0.200. The van der Waals surface area contributed by atoms with Gasteiger partial charge < -0.3 is 14.5 Å². The first-order valence-electron chi connectivity index (χ1n) is 12.7. The van der Waals surface area contributed by atoms with Gasteiger partial charge in [-0.25, -0.2) is 4.68 Å². The predicted octanol–water partition coefficient (Wildman–Crippen LogP) is 3.23. The third-order valence-corrected chi connectivity index (χ3v) is 9.21. The topological polar surface area (TPSA) is 54.6 Å². The molecule has 1 aromatic carbocycles. The second kappa shape index (κ2) is 7.44. The summed E-state index contributed by atoms with van der Waals surface area (Å²) < 4.78 is 9.70. The van der Waals surface area contributed by atoms with Crippen LogP contribution in [-0.4, -0.2) is 94.9 Å².